The number of hydrogen-bond donors (Lipinski definition) is 1. The Morgan fingerprint density at radius 1 is 1.38 bits per heavy atom. The van der Waals surface area contributed by atoms with Crippen LogP contribution in [0.3, 0.4) is 0 Å². The van der Waals surface area contributed by atoms with Crippen molar-refractivity contribution in [2.75, 3.05) is 20.3 Å². The fourth-order valence-corrected chi connectivity index (χ4v) is 4.48. The highest BCUT2D eigenvalue weighted by Crippen LogP contribution is 2.39. The molecule has 0 saturated carbocycles. The molecule has 0 unspecified atom stereocenters. The van der Waals surface area contributed by atoms with E-state index in [4.69, 9.17) is 21.7 Å². The van der Waals surface area contributed by atoms with Crippen molar-refractivity contribution in [3.63, 3.8) is 0 Å². The Bertz CT molecular complexity index is 851. The molecule has 2 aliphatic heterocycles. The summed E-state index contributed by atoms with van der Waals surface area (Å²) < 4.78 is 12.9. The van der Waals surface area contributed by atoms with Gasteiger partial charge in [-0.15, -0.1) is 0 Å². The van der Waals surface area contributed by atoms with Gasteiger partial charge in [-0.3, -0.25) is 9.78 Å². The van der Waals surface area contributed by atoms with Crippen molar-refractivity contribution in [1.82, 2.24) is 19.8 Å². The van der Waals surface area contributed by atoms with Crippen molar-refractivity contribution in [2.45, 2.75) is 44.0 Å². The summed E-state index contributed by atoms with van der Waals surface area (Å²) >= 11 is 5.64. The second kappa shape index (κ2) is 8.92. The number of ether oxygens (including phenoxy) is 2. The zero-order valence-corrected chi connectivity index (χ0v) is 17.3. The number of nitrogens with one attached hydrogen (secondary N) is 1. The van der Waals surface area contributed by atoms with Gasteiger partial charge in [0.2, 0.25) is 0 Å². The maximum atomic E-state index is 11.8. The number of rotatable bonds is 7. The van der Waals surface area contributed by atoms with Gasteiger partial charge in [0.05, 0.1) is 37.4 Å². The zero-order chi connectivity index (χ0) is 20.2. The molecule has 2 fully saturated rings. The molecule has 0 aromatic carbocycles. The number of carbonyl (C=O) groups excluding carboxylic acids is 1. The predicted molar refractivity (Wildman–Crippen MR) is 112 cm³/mol. The fourth-order valence-electron chi connectivity index (χ4n) is 4.15. The van der Waals surface area contributed by atoms with Crippen LogP contribution < -0.4 is 5.32 Å². The zero-order valence-electron chi connectivity index (χ0n) is 16.5. The second-order valence-electron chi connectivity index (χ2n) is 7.37. The van der Waals surface area contributed by atoms with Gasteiger partial charge < -0.3 is 24.3 Å². The van der Waals surface area contributed by atoms with Gasteiger partial charge in [-0.2, -0.15) is 0 Å². The van der Waals surface area contributed by atoms with Gasteiger partial charge in [0.15, 0.2) is 5.11 Å². The molecule has 4 heterocycles. The van der Waals surface area contributed by atoms with Crippen LogP contribution in [0.2, 0.25) is 0 Å². The lowest BCUT2D eigenvalue weighted by atomic mass is 10.0. The number of nitrogens with zero attached hydrogens (tertiary/aromatic N) is 3. The summed E-state index contributed by atoms with van der Waals surface area (Å²) in [5, 5.41) is 4.04. The Morgan fingerprint density at radius 2 is 2.28 bits per heavy atom. The van der Waals surface area contributed by atoms with Crippen molar-refractivity contribution >= 4 is 23.3 Å². The molecule has 0 amide bonds. The molecule has 7 nitrogen and oxygen atoms in total. The van der Waals surface area contributed by atoms with E-state index in [9.17, 15) is 4.79 Å². The van der Waals surface area contributed by atoms with E-state index in [1.165, 1.54) is 7.11 Å². The van der Waals surface area contributed by atoms with Crippen molar-refractivity contribution < 1.29 is 14.3 Å². The van der Waals surface area contributed by atoms with E-state index in [2.05, 4.69) is 38.1 Å². The van der Waals surface area contributed by atoms with E-state index in [0.717, 1.165) is 37.4 Å². The average Bonchev–Trinajstić information content (AvgIpc) is 3.48. The van der Waals surface area contributed by atoms with Gasteiger partial charge >= 0.3 is 5.97 Å². The number of esters is 1. The molecule has 2 aromatic rings. The van der Waals surface area contributed by atoms with E-state index < -0.39 is 0 Å². The lowest BCUT2D eigenvalue weighted by molar-refractivity contribution is -0.140. The van der Waals surface area contributed by atoms with E-state index in [1.807, 2.05) is 18.2 Å². The summed E-state index contributed by atoms with van der Waals surface area (Å²) in [6.07, 6.45) is 6.58. The minimum atomic E-state index is -0.248. The van der Waals surface area contributed by atoms with Crippen LogP contribution >= 0.6 is 12.2 Å². The number of hydrogen-bond acceptors (Lipinski definition) is 5. The first-order valence-electron chi connectivity index (χ1n) is 9.99. The lowest BCUT2D eigenvalue weighted by Crippen LogP contribution is -2.33. The highest BCUT2D eigenvalue weighted by Gasteiger charge is 2.41. The largest absolute Gasteiger partial charge is 0.469 e. The summed E-state index contributed by atoms with van der Waals surface area (Å²) in [6, 6.07) is 9.89. The van der Waals surface area contributed by atoms with Crippen molar-refractivity contribution in [3.8, 4) is 0 Å². The van der Waals surface area contributed by atoms with E-state index in [0.29, 0.717) is 11.7 Å². The van der Waals surface area contributed by atoms with Gasteiger partial charge in [-0.05, 0) is 49.3 Å². The third-order valence-corrected chi connectivity index (χ3v) is 5.93. The van der Waals surface area contributed by atoms with Crippen LogP contribution in [0.4, 0.5) is 0 Å². The molecule has 29 heavy (non-hydrogen) atoms. The van der Waals surface area contributed by atoms with E-state index in [1.54, 1.807) is 6.20 Å². The highest BCUT2D eigenvalue weighted by molar-refractivity contribution is 7.80. The Morgan fingerprint density at radius 3 is 3.00 bits per heavy atom. The first-order valence-corrected chi connectivity index (χ1v) is 10.4. The van der Waals surface area contributed by atoms with Gasteiger partial charge in [-0.1, -0.05) is 6.07 Å². The van der Waals surface area contributed by atoms with Gasteiger partial charge in [0.25, 0.3) is 0 Å². The summed E-state index contributed by atoms with van der Waals surface area (Å²) in [5.41, 5.74) is 2.05. The average molecular weight is 415 g/mol. The number of aromatic nitrogens is 2. The van der Waals surface area contributed by atoms with Gasteiger partial charge in [0, 0.05) is 37.8 Å². The van der Waals surface area contributed by atoms with Crippen LogP contribution in [0.5, 0.6) is 0 Å². The first-order chi connectivity index (χ1) is 14.2. The minimum Gasteiger partial charge on any atom is -0.469 e. The van der Waals surface area contributed by atoms with Crippen LogP contribution in [-0.4, -0.2) is 51.9 Å². The van der Waals surface area contributed by atoms with Crippen LogP contribution in [0.15, 0.2) is 42.7 Å². The molecule has 4 rings (SSSR count). The predicted octanol–water partition coefficient (Wildman–Crippen LogP) is 2.60. The molecule has 3 atom stereocenters. The molecule has 2 saturated heterocycles. The molecular weight excluding hydrogens is 388 g/mol. The van der Waals surface area contributed by atoms with Crippen molar-refractivity contribution in [3.05, 3.63) is 54.1 Å². The van der Waals surface area contributed by atoms with Gasteiger partial charge in [-0.25, -0.2) is 0 Å². The van der Waals surface area contributed by atoms with Crippen LogP contribution in [0.1, 0.15) is 42.7 Å². The Balaban J connectivity index is 1.65. The summed E-state index contributed by atoms with van der Waals surface area (Å²) in [5.74, 6) is -0.248. The Hall–Kier alpha value is -2.45. The molecule has 2 aliphatic rings. The SMILES string of the molecule is COC(=O)CCN1C(=S)N[C@H](c2ccccn2)[C@@H]1c1cccn1C[C@@H]1CCCO1. The molecule has 154 valence electrons. The second-order valence-corrected chi connectivity index (χ2v) is 7.75. The normalized spacial score (nSPS) is 24.0. The van der Waals surface area contributed by atoms with Crippen LogP contribution in [0, 0.1) is 0 Å². The molecule has 0 radical (unpaired) electrons. The summed E-state index contributed by atoms with van der Waals surface area (Å²) in [4.78, 5) is 18.4. The number of thiocarbonyl (C=S) groups is 1. The third kappa shape index (κ3) is 4.28. The summed E-state index contributed by atoms with van der Waals surface area (Å²) in [6.45, 7) is 2.13. The molecule has 0 bridgehead atoms. The molecule has 0 spiro atoms. The number of pyridine rings is 1. The third-order valence-electron chi connectivity index (χ3n) is 5.57. The fraction of sp³-hybridized carbons (Fsp3) is 0.476. The Kier molecular flexibility index (Phi) is 6.10. The first kappa shape index (κ1) is 19.8. The van der Waals surface area contributed by atoms with Crippen molar-refractivity contribution in [1.29, 1.82) is 0 Å². The molecule has 1 N–H and O–H groups in total. The minimum absolute atomic E-state index is 0.0709. The number of carbonyl (C=O) groups is 1. The van der Waals surface area contributed by atoms with Gasteiger partial charge in [0.1, 0.15) is 0 Å². The monoisotopic (exact) mass is 414 g/mol. The van der Waals surface area contributed by atoms with Crippen LogP contribution in [0.25, 0.3) is 0 Å². The maximum absolute atomic E-state index is 11.8. The van der Waals surface area contributed by atoms with Crippen molar-refractivity contribution in [2.24, 2.45) is 0 Å². The molecule has 8 heteroatoms. The highest BCUT2D eigenvalue weighted by atomic mass is 32.1. The molecule has 0 aliphatic carbocycles. The Labute approximate surface area is 176 Å². The van der Waals surface area contributed by atoms with E-state index >= 15 is 0 Å². The smallest absolute Gasteiger partial charge is 0.307 e. The maximum Gasteiger partial charge on any atom is 0.307 e. The topological polar surface area (TPSA) is 68.6 Å². The molecular formula is C21H26N4O3S. The lowest BCUT2D eigenvalue weighted by Gasteiger charge is -2.29. The standard InChI is InChI=1S/C21H26N4O3S/c1-27-18(26)9-12-25-20(19(23-21(25)29)16-7-2-3-10-22-16)17-8-4-11-24(17)14-15-6-5-13-28-15/h2-4,7-8,10-11,15,19-20H,5-6,9,12-14H2,1H3,(H,23,29)/t15-,19+,20-/m0/s1. The number of methoxy groups -OCH3 is 1. The summed E-state index contributed by atoms with van der Waals surface area (Å²) in [7, 11) is 1.41. The molecule has 2 aromatic heterocycles. The van der Waals surface area contributed by atoms with Crippen LogP contribution in [-0.2, 0) is 20.8 Å². The quantitative estimate of drug-likeness (QED) is 0.552. The van der Waals surface area contributed by atoms with E-state index in [-0.39, 0.29) is 30.6 Å².